The van der Waals surface area contributed by atoms with E-state index in [-0.39, 0.29) is 24.9 Å². The van der Waals surface area contributed by atoms with E-state index >= 15 is 0 Å². The molecule has 8 heteroatoms. The van der Waals surface area contributed by atoms with Gasteiger partial charge in [0.25, 0.3) is 5.91 Å². The lowest BCUT2D eigenvalue weighted by Gasteiger charge is -2.20. The van der Waals surface area contributed by atoms with Crippen LogP contribution in [-0.2, 0) is 11.2 Å². The number of aromatic nitrogens is 1. The molecule has 3 N–H and O–H groups in total. The van der Waals surface area contributed by atoms with E-state index in [1.54, 1.807) is 12.1 Å². The highest BCUT2D eigenvalue weighted by Gasteiger charge is 2.17. The topological polar surface area (TPSA) is 91.3 Å². The Kier molecular flexibility index (Phi) is 9.51. The zero-order chi connectivity index (χ0) is 26.9. The lowest BCUT2D eigenvalue weighted by atomic mass is 9.96. The molecule has 4 rings (SSSR count). The molecule has 6 nitrogen and oxygen atoms in total. The maximum absolute atomic E-state index is 12.4. The molecule has 1 unspecified atom stereocenters. The number of anilines is 1. The van der Waals surface area contributed by atoms with Crippen molar-refractivity contribution in [2.45, 2.75) is 38.6 Å². The van der Waals surface area contributed by atoms with Crippen LogP contribution in [0.1, 0.15) is 59.3 Å². The number of aliphatic carboxylic acids is 1. The van der Waals surface area contributed by atoms with Crippen molar-refractivity contribution in [2.24, 2.45) is 0 Å². The molecule has 0 fully saturated rings. The summed E-state index contributed by atoms with van der Waals surface area (Å²) < 4.78 is 0. The molecule has 3 aromatic carbocycles. The Bertz CT molecular complexity index is 1350. The van der Waals surface area contributed by atoms with Gasteiger partial charge >= 0.3 is 5.97 Å². The Labute approximate surface area is 231 Å². The van der Waals surface area contributed by atoms with Crippen molar-refractivity contribution >= 4 is 39.9 Å². The van der Waals surface area contributed by atoms with Gasteiger partial charge in [0.05, 0.1) is 18.2 Å². The molecular weight excluding hydrogens is 518 g/mol. The highest BCUT2D eigenvalue weighted by atomic mass is 35.5. The number of aryl methyl sites for hydroxylation is 1. The highest BCUT2D eigenvalue weighted by molar-refractivity contribution is 7.14. The van der Waals surface area contributed by atoms with Crippen LogP contribution in [0.15, 0.2) is 78.2 Å². The summed E-state index contributed by atoms with van der Waals surface area (Å²) in [6.07, 6.45) is 3.25. The van der Waals surface area contributed by atoms with Crippen LogP contribution in [0.5, 0.6) is 0 Å². The van der Waals surface area contributed by atoms with Crippen LogP contribution in [0.2, 0.25) is 5.02 Å². The number of nitrogens with zero attached hydrogens (tertiary/aromatic N) is 1. The molecular formula is C30H30ClN3O3S. The van der Waals surface area contributed by atoms with Gasteiger partial charge in [-0.1, -0.05) is 73.5 Å². The lowest BCUT2D eigenvalue weighted by Crippen LogP contribution is -2.26. The average Bonchev–Trinajstić information content (AvgIpc) is 3.40. The number of benzene rings is 3. The highest BCUT2D eigenvalue weighted by Crippen LogP contribution is 2.32. The Hall–Kier alpha value is -3.68. The Balaban J connectivity index is 1.57. The Morgan fingerprint density at radius 3 is 2.26 bits per heavy atom. The van der Waals surface area contributed by atoms with Gasteiger partial charge in [0, 0.05) is 28.1 Å². The van der Waals surface area contributed by atoms with Crippen LogP contribution >= 0.6 is 22.9 Å². The number of rotatable bonds is 12. The second kappa shape index (κ2) is 13.2. The van der Waals surface area contributed by atoms with Crippen molar-refractivity contribution in [3.63, 3.8) is 0 Å². The summed E-state index contributed by atoms with van der Waals surface area (Å²) in [6.45, 7) is 2.28. The molecule has 0 bridgehead atoms. The summed E-state index contributed by atoms with van der Waals surface area (Å²) in [5.41, 5.74) is 5.72. The molecule has 0 saturated carbocycles. The van der Waals surface area contributed by atoms with E-state index in [2.05, 4.69) is 41.8 Å². The van der Waals surface area contributed by atoms with E-state index in [0.717, 1.165) is 46.8 Å². The van der Waals surface area contributed by atoms with Crippen LogP contribution in [0.4, 0.5) is 5.13 Å². The summed E-state index contributed by atoms with van der Waals surface area (Å²) in [5, 5.41) is 18.5. The minimum Gasteiger partial charge on any atom is -0.481 e. The zero-order valence-electron chi connectivity index (χ0n) is 21.1. The molecule has 0 aliphatic heterocycles. The van der Waals surface area contributed by atoms with Crippen molar-refractivity contribution in [1.82, 2.24) is 10.3 Å². The zero-order valence-corrected chi connectivity index (χ0v) is 22.7. The number of unbranched alkanes of at least 4 members (excludes halogenated alkanes) is 1. The van der Waals surface area contributed by atoms with E-state index in [4.69, 9.17) is 21.7 Å². The van der Waals surface area contributed by atoms with Gasteiger partial charge in [0.1, 0.15) is 0 Å². The molecule has 0 radical (unpaired) electrons. The van der Waals surface area contributed by atoms with Crippen LogP contribution in [0.25, 0.3) is 11.3 Å². The predicted octanol–water partition coefficient (Wildman–Crippen LogP) is 7.21. The number of carbonyl (C=O) groups excluding carboxylic acids is 1. The third-order valence-corrected chi connectivity index (χ3v) is 7.20. The van der Waals surface area contributed by atoms with Gasteiger partial charge < -0.3 is 15.7 Å². The molecule has 0 aliphatic rings. The van der Waals surface area contributed by atoms with Crippen LogP contribution in [0, 0.1) is 0 Å². The number of hydrogen-bond donors (Lipinski definition) is 3. The maximum Gasteiger partial charge on any atom is 0.305 e. The van der Waals surface area contributed by atoms with Gasteiger partial charge in [0.2, 0.25) is 0 Å². The minimum atomic E-state index is -0.948. The third-order valence-electron chi connectivity index (χ3n) is 6.17. The smallest absolute Gasteiger partial charge is 0.305 e. The van der Waals surface area contributed by atoms with Gasteiger partial charge in [-0.05, 0) is 53.8 Å². The molecule has 1 amide bonds. The average molecular weight is 548 g/mol. The number of carbonyl (C=O) groups is 2. The van der Waals surface area contributed by atoms with E-state index in [1.807, 2.05) is 41.8 Å². The van der Waals surface area contributed by atoms with Crippen LogP contribution in [-0.4, -0.2) is 28.5 Å². The number of nitrogens with one attached hydrogen (secondary N) is 2. The van der Waals surface area contributed by atoms with E-state index in [9.17, 15) is 9.59 Å². The molecule has 1 aromatic heterocycles. The van der Waals surface area contributed by atoms with Crippen molar-refractivity contribution in [3.8, 4) is 11.3 Å². The second-order valence-corrected chi connectivity index (χ2v) is 10.3. The first-order valence-electron chi connectivity index (χ1n) is 12.6. The van der Waals surface area contributed by atoms with E-state index in [1.165, 1.54) is 16.9 Å². The first-order valence-corrected chi connectivity index (χ1v) is 13.9. The van der Waals surface area contributed by atoms with Gasteiger partial charge in [-0.2, -0.15) is 0 Å². The molecule has 196 valence electrons. The Morgan fingerprint density at radius 1 is 0.974 bits per heavy atom. The molecule has 38 heavy (non-hydrogen) atoms. The van der Waals surface area contributed by atoms with Crippen molar-refractivity contribution < 1.29 is 14.7 Å². The van der Waals surface area contributed by atoms with Crippen molar-refractivity contribution in [2.75, 3.05) is 11.9 Å². The summed E-state index contributed by atoms with van der Waals surface area (Å²) in [5.74, 6) is -1.24. The number of halogens is 1. The first-order chi connectivity index (χ1) is 18.4. The third kappa shape index (κ3) is 7.43. The summed E-state index contributed by atoms with van der Waals surface area (Å²) in [7, 11) is 0. The lowest BCUT2D eigenvalue weighted by molar-refractivity contribution is -0.136. The summed E-state index contributed by atoms with van der Waals surface area (Å²) in [6, 6.07) is 23.4. The number of carboxylic acids is 1. The molecule has 4 aromatic rings. The van der Waals surface area contributed by atoms with E-state index < -0.39 is 5.97 Å². The van der Waals surface area contributed by atoms with Gasteiger partial charge in [-0.3, -0.25) is 9.59 Å². The largest absolute Gasteiger partial charge is 0.481 e. The Morgan fingerprint density at radius 2 is 1.63 bits per heavy atom. The monoisotopic (exact) mass is 547 g/mol. The van der Waals surface area contributed by atoms with Crippen molar-refractivity contribution in [3.05, 3.63) is 105 Å². The molecule has 0 spiro atoms. The van der Waals surface area contributed by atoms with Gasteiger partial charge in [0.15, 0.2) is 5.13 Å². The fourth-order valence-corrected chi connectivity index (χ4v) is 4.92. The fraction of sp³-hybridized carbons (Fsp3) is 0.233. The quantitative estimate of drug-likeness (QED) is 0.174. The minimum absolute atomic E-state index is 0.0878. The SMILES string of the molecule is CCCCc1ccc(C(Nc2nc(-c3ccc(Cl)cc3)cs2)c2ccc(C(=O)NCCC(=O)O)cc2)cc1. The maximum atomic E-state index is 12.4. The normalized spacial score (nSPS) is 11.6. The number of thiazole rings is 1. The summed E-state index contributed by atoms with van der Waals surface area (Å²) in [4.78, 5) is 27.9. The number of carboxylic acid groups (broad SMARTS) is 1. The molecule has 1 atom stereocenters. The van der Waals surface area contributed by atoms with Crippen LogP contribution in [0.3, 0.4) is 0 Å². The number of hydrogen-bond acceptors (Lipinski definition) is 5. The summed E-state index contributed by atoms with van der Waals surface area (Å²) >= 11 is 7.57. The number of amides is 1. The molecule has 0 aliphatic carbocycles. The van der Waals surface area contributed by atoms with Gasteiger partial charge in [-0.15, -0.1) is 11.3 Å². The van der Waals surface area contributed by atoms with Gasteiger partial charge in [-0.25, -0.2) is 4.98 Å². The van der Waals surface area contributed by atoms with E-state index in [0.29, 0.717) is 10.6 Å². The standard InChI is InChI=1S/C30H30ClN3O3S/c1-2-3-4-20-5-7-22(8-6-20)28(23-9-11-24(12-10-23)29(37)32-18-17-27(35)36)34-30-33-26(19-38-30)21-13-15-25(31)16-14-21/h5-16,19,28H,2-4,17-18H2,1H3,(H,32,37)(H,33,34)(H,35,36). The molecule has 1 heterocycles. The predicted molar refractivity (Wildman–Crippen MR) is 154 cm³/mol. The fourth-order valence-electron chi connectivity index (χ4n) is 4.05. The molecule has 0 saturated heterocycles. The second-order valence-electron chi connectivity index (χ2n) is 8.99. The first kappa shape index (κ1) is 27.4. The van der Waals surface area contributed by atoms with Crippen molar-refractivity contribution in [1.29, 1.82) is 0 Å². The van der Waals surface area contributed by atoms with Crippen LogP contribution < -0.4 is 10.6 Å².